The van der Waals surface area contributed by atoms with Gasteiger partial charge in [0.1, 0.15) is 0 Å². The second-order valence-corrected chi connectivity index (χ2v) is 9.49. The molecule has 1 aromatic rings. The molecule has 1 saturated heterocycles. The first kappa shape index (κ1) is 23.6. The van der Waals surface area contributed by atoms with Crippen molar-refractivity contribution in [1.82, 2.24) is 15.5 Å². The van der Waals surface area contributed by atoms with Crippen LogP contribution in [0, 0.1) is 5.92 Å². The van der Waals surface area contributed by atoms with Gasteiger partial charge < -0.3 is 15.5 Å². The quantitative estimate of drug-likeness (QED) is 0.470. The normalized spacial score (nSPS) is 22.2. The van der Waals surface area contributed by atoms with Gasteiger partial charge in [0, 0.05) is 43.6 Å². The van der Waals surface area contributed by atoms with Crippen LogP contribution in [0.25, 0.3) is 0 Å². The van der Waals surface area contributed by atoms with Crippen molar-refractivity contribution in [3.63, 3.8) is 0 Å². The Morgan fingerprint density at radius 1 is 1.06 bits per heavy atom. The molecule has 172 valence electrons. The van der Waals surface area contributed by atoms with Gasteiger partial charge in [-0.1, -0.05) is 52.0 Å². The summed E-state index contributed by atoms with van der Waals surface area (Å²) in [6.45, 7) is 13.2. The summed E-state index contributed by atoms with van der Waals surface area (Å²) in [6.07, 6.45) is 5.01. The third kappa shape index (κ3) is 6.24. The fourth-order valence-electron chi connectivity index (χ4n) is 4.65. The molecule has 5 heteroatoms. The molecule has 0 radical (unpaired) electrons. The highest BCUT2D eigenvalue weighted by Gasteiger charge is 2.39. The maximum Gasteiger partial charge on any atom is 0.225 e. The summed E-state index contributed by atoms with van der Waals surface area (Å²) in [5.74, 6) is 2.60. The molecule has 0 spiro atoms. The molecule has 0 bridgehead atoms. The second-order valence-electron chi connectivity index (χ2n) is 9.49. The zero-order chi connectivity index (χ0) is 22.4. The number of nitrogens with one attached hydrogen (secondary N) is 2. The van der Waals surface area contributed by atoms with E-state index in [1.54, 1.807) is 0 Å². The minimum Gasteiger partial charge on any atom is -0.354 e. The monoisotopic (exact) mass is 426 g/mol. The molecule has 5 nitrogen and oxygen atoms in total. The minimum absolute atomic E-state index is 0.185. The van der Waals surface area contributed by atoms with Gasteiger partial charge >= 0.3 is 0 Å². The first-order valence-corrected chi connectivity index (χ1v) is 12.4. The van der Waals surface area contributed by atoms with Crippen LogP contribution in [0.1, 0.15) is 89.7 Å². The van der Waals surface area contributed by atoms with Gasteiger partial charge in [-0.3, -0.25) is 9.79 Å². The van der Waals surface area contributed by atoms with Crippen molar-refractivity contribution in [3.05, 3.63) is 35.4 Å². The number of guanidine groups is 1. The SMILES string of the molecule is CCN=C(NC1CCN(C(=O)C(CC)CC)CC1)NC1CC1c1ccc(C(C)C)cc1. The van der Waals surface area contributed by atoms with Crippen LogP contribution in [-0.4, -0.2) is 48.5 Å². The molecule has 2 N–H and O–H groups in total. The number of amides is 1. The lowest BCUT2D eigenvalue weighted by Crippen LogP contribution is -2.51. The average molecular weight is 427 g/mol. The van der Waals surface area contributed by atoms with Gasteiger partial charge in [-0.15, -0.1) is 0 Å². The van der Waals surface area contributed by atoms with E-state index in [2.05, 4.69) is 79.4 Å². The highest BCUT2D eigenvalue weighted by molar-refractivity contribution is 5.81. The highest BCUT2D eigenvalue weighted by atomic mass is 16.2. The Balaban J connectivity index is 1.48. The summed E-state index contributed by atoms with van der Waals surface area (Å²) < 4.78 is 0. The number of aliphatic imine (C=N–C) groups is 1. The van der Waals surface area contributed by atoms with Crippen LogP contribution in [-0.2, 0) is 4.79 Å². The van der Waals surface area contributed by atoms with E-state index in [9.17, 15) is 4.79 Å². The van der Waals surface area contributed by atoms with Crippen molar-refractivity contribution < 1.29 is 4.79 Å². The lowest BCUT2D eigenvalue weighted by atomic mass is 9.98. The van der Waals surface area contributed by atoms with E-state index in [-0.39, 0.29) is 5.92 Å². The number of hydrogen-bond acceptors (Lipinski definition) is 2. The molecule has 1 aromatic carbocycles. The van der Waals surface area contributed by atoms with E-state index < -0.39 is 0 Å². The first-order chi connectivity index (χ1) is 15.0. The molecule has 2 atom stereocenters. The molecule has 1 saturated carbocycles. The van der Waals surface area contributed by atoms with E-state index in [0.29, 0.717) is 29.8 Å². The molecule has 1 aliphatic heterocycles. The van der Waals surface area contributed by atoms with Crippen molar-refractivity contribution in [2.24, 2.45) is 10.9 Å². The fourth-order valence-corrected chi connectivity index (χ4v) is 4.65. The Kier molecular flexibility index (Phi) is 8.39. The number of piperidine rings is 1. The Morgan fingerprint density at radius 3 is 2.26 bits per heavy atom. The van der Waals surface area contributed by atoms with Crippen LogP contribution in [0.3, 0.4) is 0 Å². The van der Waals surface area contributed by atoms with Crippen LogP contribution in [0.4, 0.5) is 0 Å². The van der Waals surface area contributed by atoms with Crippen molar-refractivity contribution in [1.29, 1.82) is 0 Å². The maximum absolute atomic E-state index is 12.6. The smallest absolute Gasteiger partial charge is 0.225 e. The van der Waals surface area contributed by atoms with Gasteiger partial charge in [0.2, 0.25) is 5.91 Å². The number of nitrogens with zero attached hydrogens (tertiary/aromatic N) is 2. The van der Waals surface area contributed by atoms with Crippen molar-refractivity contribution in [2.75, 3.05) is 19.6 Å². The predicted octanol–water partition coefficient (Wildman–Crippen LogP) is 4.65. The number of carbonyl (C=O) groups is 1. The summed E-state index contributed by atoms with van der Waals surface area (Å²) in [7, 11) is 0. The average Bonchev–Trinajstić information content (AvgIpc) is 3.54. The van der Waals surface area contributed by atoms with Gasteiger partial charge in [-0.2, -0.15) is 0 Å². The van der Waals surface area contributed by atoms with Crippen LogP contribution in [0.2, 0.25) is 0 Å². The number of benzene rings is 1. The first-order valence-electron chi connectivity index (χ1n) is 12.4. The van der Waals surface area contributed by atoms with E-state index in [1.807, 2.05) is 0 Å². The fraction of sp³-hybridized carbons (Fsp3) is 0.692. The van der Waals surface area contributed by atoms with Gasteiger partial charge in [-0.05, 0) is 56.1 Å². The van der Waals surface area contributed by atoms with Crippen LogP contribution in [0.5, 0.6) is 0 Å². The van der Waals surface area contributed by atoms with Crippen LogP contribution < -0.4 is 10.6 Å². The van der Waals surface area contributed by atoms with E-state index >= 15 is 0 Å². The molecule has 1 heterocycles. The number of hydrogen-bond donors (Lipinski definition) is 2. The maximum atomic E-state index is 12.6. The zero-order valence-electron chi connectivity index (χ0n) is 20.2. The minimum atomic E-state index is 0.185. The molecule has 3 rings (SSSR count). The number of carbonyl (C=O) groups excluding carboxylic acids is 1. The second kappa shape index (κ2) is 11.0. The Labute approximate surface area is 189 Å². The van der Waals surface area contributed by atoms with Crippen molar-refractivity contribution >= 4 is 11.9 Å². The summed E-state index contributed by atoms with van der Waals surface area (Å²) in [5.41, 5.74) is 2.82. The molecular weight excluding hydrogens is 384 g/mol. The standard InChI is InChI=1S/C26H42N4O/c1-6-19(7-2)25(31)30-15-13-22(14-16-30)28-26(27-8-3)29-24-17-23(24)21-11-9-20(10-12-21)18(4)5/h9-12,18-19,22-24H,6-8,13-17H2,1-5H3,(H2,27,28,29). The van der Waals surface area contributed by atoms with Crippen molar-refractivity contribution in [2.45, 2.75) is 90.6 Å². The zero-order valence-corrected chi connectivity index (χ0v) is 20.2. The number of likely N-dealkylation sites (tertiary alicyclic amines) is 1. The van der Waals surface area contributed by atoms with Crippen molar-refractivity contribution in [3.8, 4) is 0 Å². The third-order valence-corrected chi connectivity index (χ3v) is 6.94. The highest BCUT2D eigenvalue weighted by Crippen LogP contribution is 2.41. The van der Waals surface area contributed by atoms with Gasteiger partial charge in [-0.25, -0.2) is 0 Å². The molecule has 31 heavy (non-hydrogen) atoms. The molecule has 1 aliphatic carbocycles. The van der Waals surface area contributed by atoms with Gasteiger partial charge in [0.25, 0.3) is 0 Å². The van der Waals surface area contributed by atoms with E-state index in [4.69, 9.17) is 0 Å². The molecular formula is C26H42N4O. The molecule has 2 unspecified atom stereocenters. The Morgan fingerprint density at radius 2 is 1.71 bits per heavy atom. The molecule has 1 amide bonds. The molecule has 2 fully saturated rings. The summed E-state index contributed by atoms with van der Waals surface area (Å²) in [4.78, 5) is 19.4. The van der Waals surface area contributed by atoms with E-state index in [0.717, 1.165) is 57.7 Å². The number of rotatable bonds is 8. The lowest BCUT2D eigenvalue weighted by molar-refractivity contribution is -0.136. The van der Waals surface area contributed by atoms with E-state index in [1.165, 1.54) is 11.1 Å². The molecule has 2 aliphatic rings. The lowest BCUT2D eigenvalue weighted by Gasteiger charge is -2.35. The Hall–Kier alpha value is -2.04. The summed E-state index contributed by atoms with van der Waals surface area (Å²) in [6, 6.07) is 9.96. The topological polar surface area (TPSA) is 56.7 Å². The predicted molar refractivity (Wildman–Crippen MR) is 130 cm³/mol. The molecule has 0 aromatic heterocycles. The van der Waals surface area contributed by atoms with Gasteiger partial charge in [0.15, 0.2) is 5.96 Å². The van der Waals surface area contributed by atoms with Gasteiger partial charge in [0.05, 0.1) is 0 Å². The Bertz CT molecular complexity index is 730. The van der Waals surface area contributed by atoms with Crippen LogP contribution in [0.15, 0.2) is 29.3 Å². The third-order valence-electron chi connectivity index (χ3n) is 6.94. The van der Waals surface area contributed by atoms with Crippen LogP contribution >= 0.6 is 0 Å². The summed E-state index contributed by atoms with van der Waals surface area (Å²) >= 11 is 0. The summed E-state index contributed by atoms with van der Waals surface area (Å²) in [5, 5.41) is 7.30. The largest absolute Gasteiger partial charge is 0.354 e.